The van der Waals surface area contributed by atoms with E-state index in [9.17, 15) is 0 Å². The summed E-state index contributed by atoms with van der Waals surface area (Å²) in [7, 11) is 0. The summed E-state index contributed by atoms with van der Waals surface area (Å²) in [5, 5.41) is 3.09. The summed E-state index contributed by atoms with van der Waals surface area (Å²) in [6.07, 6.45) is 2.61. The van der Waals surface area contributed by atoms with Crippen LogP contribution in [0.5, 0.6) is 0 Å². The molecule has 25 heavy (non-hydrogen) atoms. The van der Waals surface area contributed by atoms with Crippen LogP contribution < -0.4 is 10.6 Å². The third-order valence-corrected chi connectivity index (χ3v) is 5.19. The summed E-state index contributed by atoms with van der Waals surface area (Å²) in [6.45, 7) is 4.23. The molecule has 1 aliphatic heterocycles. The summed E-state index contributed by atoms with van der Waals surface area (Å²) in [5.41, 5.74) is 8.22. The summed E-state index contributed by atoms with van der Waals surface area (Å²) in [6, 6.07) is 8.04. The number of nitrogens with one attached hydrogen (secondary N) is 1. The topological polar surface area (TPSA) is 86.4 Å². The number of H-pyrrole nitrogens is 1. The predicted molar refractivity (Wildman–Crippen MR) is 102 cm³/mol. The van der Waals surface area contributed by atoms with Gasteiger partial charge in [0.05, 0.1) is 11.0 Å². The van der Waals surface area contributed by atoms with Crippen LogP contribution in [-0.2, 0) is 6.42 Å². The average molecular weight is 355 g/mol. The zero-order chi connectivity index (χ0) is 17.1. The van der Waals surface area contributed by atoms with E-state index in [2.05, 4.69) is 29.7 Å². The molecular formula is C17H21N7S. The number of nitrogens with two attached hydrogens (primary N) is 1. The largest absolute Gasteiger partial charge is 0.370 e. The van der Waals surface area contributed by atoms with Crippen molar-refractivity contribution in [2.45, 2.75) is 6.42 Å². The van der Waals surface area contributed by atoms with Crippen LogP contribution in [0.3, 0.4) is 0 Å². The first-order chi connectivity index (χ1) is 12.3. The molecule has 0 spiro atoms. The van der Waals surface area contributed by atoms with Crippen LogP contribution in [-0.4, -0.2) is 58.5 Å². The van der Waals surface area contributed by atoms with Crippen molar-refractivity contribution in [1.82, 2.24) is 19.9 Å². The normalized spacial score (nSPS) is 15.9. The van der Waals surface area contributed by atoms with E-state index in [4.69, 9.17) is 5.73 Å². The minimum absolute atomic E-state index is 0.620. The van der Waals surface area contributed by atoms with E-state index in [1.807, 2.05) is 35.8 Å². The third-order valence-electron chi connectivity index (χ3n) is 4.35. The van der Waals surface area contributed by atoms with Gasteiger partial charge in [-0.15, -0.1) is 11.3 Å². The van der Waals surface area contributed by atoms with Gasteiger partial charge in [-0.3, -0.25) is 4.99 Å². The molecule has 0 amide bonds. The molecule has 3 aromatic rings. The lowest BCUT2D eigenvalue weighted by molar-refractivity contribution is 0.380. The molecule has 1 fully saturated rings. The minimum Gasteiger partial charge on any atom is -0.370 e. The number of thiazole rings is 1. The van der Waals surface area contributed by atoms with Crippen LogP contribution in [0.4, 0.5) is 5.13 Å². The van der Waals surface area contributed by atoms with Crippen molar-refractivity contribution in [3.63, 3.8) is 0 Å². The number of aliphatic imine (C=N–C) groups is 1. The second-order valence-corrected chi connectivity index (χ2v) is 6.85. The van der Waals surface area contributed by atoms with Crippen LogP contribution in [0, 0.1) is 0 Å². The molecule has 8 heteroatoms. The van der Waals surface area contributed by atoms with Gasteiger partial charge in [0.15, 0.2) is 11.1 Å². The number of anilines is 1. The first kappa shape index (κ1) is 15.9. The smallest absolute Gasteiger partial charge is 0.191 e. The lowest BCUT2D eigenvalue weighted by atomic mass is 10.3. The van der Waals surface area contributed by atoms with Crippen molar-refractivity contribution in [3.8, 4) is 0 Å². The van der Waals surface area contributed by atoms with Crippen molar-refractivity contribution >= 4 is 33.5 Å². The van der Waals surface area contributed by atoms with Crippen LogP contribution in [0.25, 0.3) is 11.0 Å². The third kappa shape index (κ3) is 3.58. The van der Waals surface area contributed by atoms with Gasteiger partial charge in [-0.05, 0) is 12.1 Å². The molecule has 0 aliphatic carbocycles. The lowest BCUT2D eigenvalue weighted by Gasteiger charge is -2.35. The van der Waals surface area contributed by atoms with E-state index in [0.29, 0.717) is 12.5 Å². The Hall–Kier alpha value is -2.61. The van der Waals surface area contributed by atoms with Gasteiger partial charge in [0.2, 0.25) is 0 Å². The quantitative estimate of drug-likeness (QED) is 0.549. The molecule has 1 aromatic carbocycles. The monoisotopic (exact) mass is 355 g/mol. The van der Waals surface area contributed by atoms with Crippen molar-refractivity contribution in [3.05, 3.63) is 41.7 Å². The standard InChI is InChI=1S/C17H21N7S/c18-16(23-8-10-24(11-9-23)17-20-7-12-25-17)19-6-5-15-21-13-3-1-2-4-14(13)22-15/h1-4,7,12H,5-6,8-11H2,(H2,18,19)(H,21,22). The molecule has 0 unspecified atom stereocenters. The van der Waals surface area contributed by atoms with Crippen LogP contribution in [0.2, 0.25) is 0 Å². The van der Waals surface area contributed by atoms with Gasteiger partial charge in [-0.25, -0.2) is 9.97 Å². The molecule has 1 aliphatic rings. The molecule has 3 N–H and O–H groups in total. The van der Waals surface area contributed by atoms with Crippen LogP contribution >= 0.6 is 11.3 Å². The zero-order valence-corrected chi connectivity index (χ0v) is 14.7. The number of benzene rings is 1. The van der Waals surface area contributed by atoms with E-state index in [1.165, 1.54) is 0 Å². The highest BCUT2D eigenvalue weighted by molar-refractivity contribution is 7.13. The lowest BCUT2D eigenvalue weighted by Crippen LogP contribution is -2.51. The Bertz CT molecular complexity index is 814. The van der Waals surface area contributed by atoms with E-state index in [0.717, 1.165) is 54.6 Å². The van der Waals surface area contributed by atoms with Gasteiger partial charge in [0.1, 0.15) is 5.82 Å². The summed E-state index contributed by atoms with van der Waals surface area (Å²) in [5.74, 6) is 1.57. The second kappa shape index (κ2) is 7.10. The number of rotatable bonds is 4. The van der Waals surface area contributed by atoms with Crippen molar-refractivity contribution < 1.29 is 0 Å². The highest BCUT2D eigenvalue weighted by atomic mass is 32.1. The maximum atomic E-state index is 6.17. The number of para-hydroxylation sites is 2. The highest BCUT2D eigenvalue weighted by Gasteiger charge is 2.19. The molecule has 4 rings (SSSR count). The van der Waals surface area contributed by atoms with Crippen LogP contribution in [0.15, 0.2) is 40.8 Å². The number of aromatic nitrogens is 3. The van der Waals surface area contributed by atoms with Crippen molar-refractivity contribution in [2.75, 3.05) is 37.6 Å². The second-order valence-electron chi connectivity index (χ2n) is 5.98. The fraction of sp³-hybridized carbons (Fsp3) is 0.353. The molecular weight excluding hydrogens is 334 g/mol. The first-order valence-electron chi connectivity index (χ1n) is 8.42. The number of hydrogen-bond acceptors (Lipinski definition) is 5. The Morgan fingerprint density at radius 2 is 2.08 bits per heavy atom. The van der Waals surface area contributed by atoms with Gasteiger partial charge in [0.25, 0.3) is 0 Å². The predicted octanol–water partition coefficient (Wildman–Crippen LogP) is 1.70. The number of fused-ring (bicyclic) bond motifs is 1. The number of aromatic amines is 1. The number of nitrogens with zero attached hydrogens (tertiary/aromatic N) is 5. The Labute approximate surface area is 150 Å². The fourth-order valence-electron chi connectivity index (χ4n) is 3.00. The number of hydrogen-bond donors (Lipinski definition) is 2. The van der Waals surface area contributed by atoms with Crippen LogP contribution in [0.1, 0.15) is 5.82 Å². The van der Waals surface area contributed by atoms with Gasteiger partial charge >= 0.3 is 0 Å². The van der Waals surface area contributed by atoms with Gasteiger partial charge in [-0.1, -0.05) is 12.1 Å². The molecule has 130 valence electrons. The molecule has 3 heterocycles. The van der Waals surface area contributed by atoms with E-state index in [-0.39, 0.29) is 0 Å². The fourth-order valence-corrected chi connectivity index (χ4v) is 3.70. The minimum atomic E-state index is 0.620. The molecule has 1 saturated heterocycles. The average Bonchev–Trinajstić information content (AvgIpc) is 3.31. The number of imidazole rings is 1. The molecule has 7 nitrogen and oxygen atoms in total. The van der Waals surface area contributed by atoms with Gasteiger partial charge < -0.3 is 20.5 Å². The Kier molecular flexibility index (Phi) is 4.51. The van der Waals surface area contributed by atoms with Gasteiger partial charge in [0, 0.05) is 50.7 Å². The van der Waals surface area contributed by atoms with E-state index in [1.54, 1.807) is 11.3 Å². The Morgan fingerprint density at radius 1 is 1.24 bits per heavy atom. The molecule has 0 bridgehead atoms. The maximum Gasteiger partial charge on any atom is 0.191 e. The Balaban J connectivity index is 1.30. The number of piperazine rings is 1. The SMILES string of the molecule is NC(=NCCc1nc2ccccc2[nH]1)N1CCN(c2nccs2)CC1. The number of guanidine groups is 1. The molecule has 0 saturated carbocycles. The van der Waals surface area contributed by atoms with Crippen molar-refractivity contribution in [1.29, 1.82) is 0 Å². The first-order valence-corrected chi connectivity index (χ1v) is 9.30. The molecule has 2 aromatic heterocycles. The Morgan fingerprint density at radius 3 is 2.84 bits per heavy atom. The highest BCUT2D eigenvalue weighted by Crippen LogP contribution is 2.18. The van der Waals surface area contributed by atoms with Crippen molar-refractivity contribution in [2.24, 2.45) is 10.7 Å². The summed E-state index contributed by atoms with van der Waals surface area (Å²) >= 11 is 1.68. The summed E-state index contributed by atoms with van der Waals surface area (Å²) in [4.78, 5) is 21.2. The summed E-state index contributed by atoms with van der Waals surface area (Å²) < 4.78 is 0. The van der Waals surface area contributed by atoms with E-state index < -0.39 is 0 Å². The van der Waals surface area contributed by atoms with Gasteiger partial charge in [-0.2, -0.15) is 0 Å². The molecule has 0 radical (unpaired) electrons. The zero-order valence-electron chi connectivity index (χ0n) is 13.9. The maximum absolute atomic E-state index is 6.17. The molecule has 0 atom stereocenters. The van der Waals surface area contributed by atoms with E-state index >= 15 is 0 Å².